The van der Waals surface area contributed by atoms with Crippen molar-refractivity contribution in [2.75, 3.05) is 32.1 Å². The molecule has 0 spiro atoms. The number of carbonyl (C=O) groups excluding carboxylic acids is 1. The van der Waals surface area contributed by atoms with Crippen molar-refractivity contribution >= 4 is 35.4 Å². The van der Waals surface area contributed by atoms with Crippen LogP contribution < -0.4 is 5.73 Å². The fraction of sp³-hybridized carbons (Fsp3) is 0.615. The van der Waals surface area contributed by atoms with Gasteiger partial charge in [-0.05, 0) is 30.1 Å². The Hall–Kier alpha value is -1.63. The molecule has 1 saturated heterocycles. The van der Waals surface area contributed by atoms with Crippen LogP contribution in [0.4, 0.5) is 0 Å². The topological polar surface area (TPSA) is 130 Å². The smallest absolute Gasteiger partial charge is 0.352 e. The lowest BCUT2D eigenvalue weighted by Gasteiger charge is -2.48. The van der Waals surface area contributed by atoms with Crippen LogP contribution in [-0.4, -0.2) is 90.6 Å². The summed E-state index contributed by atoms with van der Waals surface area (Å²) < 4.78 is 1.69. The maximum Gasteiger partial charge on any atom is 0.352 e. The van der Waals surface area contributed by atoms with Gasteiger partial charge in [-0.25, -0.2) is 9.48 Å². The summed E-state index contributed by atoms with van der Waals surface area (Å²) in [6.45, 7) is 1.43. The van der Waals surface area contributed by atoms with Crippen LogP contribution in [-0.2, 0) is 16.1 Å². The third kappa shape index (κ3) is 3.52. The first-order valence-corrected chi connectivity index (χ1v) is 9.63. The van der Waals surface area contributed by atoms with Crippen LogP contribution in [0.15, 0.2) is 16.4 Å². The molecule has 3 N–H and O–H groups in total. The molecule has 1 aromatic heterocycles. The zero-order chi connectivity index (χ0) is 18.1. The highest BCUT2D eigenvalue weighted by atomic mass is 32.2. The van der Waals surface area contributed by atoms with Crippen LogP contribution in [0.1, 0.15) is 0 Å². The van der Waals surface area contributed by atoms with Crippen LogP contribution in [0.3, 0.4) is 0 Å². The summed E-state index contributed by atoms with van der Waals surface area (Å²) in [6, 6.07) is -0.619. The van der Waals surface area contributed by atoms with Crippen molar-refractivity contribution < 1.29 is 14.7 Å². The summed E-state index contributed by atoms with van der Waals surface area (Å²) in [6.07, 6.45) is 0. The van der Waals surface area contributed by atoms with E-state index >= 15 is 0 Å². The van der Waals surface area contributed by atoms with Gasteiger partial charge in [-0.1, -0.05) is 11.8 Å². The summed E-state index contributed by atoms with van der Waals surface area (Å²) in [5.41, 5.74) is 6.48. The maximum absolute atomic E-state index is 11.9. The molecule has 3 heterocycles. The average Bonchev–Trinajstić information content (AvgIpc) is 3.03. The van der Waals surface area contributed by atoms with E-state index in [1.54, 1.807) is 4.68 Å². The van der Waals surface area contributed by atoms with E-state index in [1.807, 2.05) is 19.0 Å². The molecule has 1 unspecified atom stereocenters. The minimum absolute atomic E-state index is 0.0512. The number of nitrogens with two attached hydrogens (primary N) is 1. The SMILES string of the molecule is CN(C)CCn1nnnc1SCC1=C(C(=O)O)N2C(=O)C(N)[C@H]2SC1. The van der Waals surface area contributed by atoms with Crippen molar-refractivity contribution in [1.29, 1.82) is 0 Å². The molecule has 0 radical (unpaired) electrons. The monoisotopic (exact) mass is 385 g/mol. The van der Waals surface area contributed by atoms with Gasteiger partial charge in [0.05, 0.1) is 6.54 Å². The first-order chi connectivity index (χ1) is 11.9. The molecule has 2 aliphatic rings. The van der Waals surface area contributed by atoms with Gasteiger partial charge in [0, 0.05) is 18.1 Å². The number of likely N-dealkylation sites (N-methyl/N-ethyl adjacent to an activating group) is 1. The van der Waals surface area contributed by atoms with Crippen LogP contribution in [0.2, 0.25) is 0 Å². The number of carboxylic acid groups (broad SMARTS) is 1. The van der Waals surface area contributed by atoms with Crippen molar-refractivity contribution in [3.63, 3.8) is 0 Å². The second-order valence-corrected chi connectivity index (χ2v) is 8.02. The molecular formula is C13H19N7O3S2. The van der Waals surface area contributed by atoms with E-state index in [0.717, 1.165) is 6.54 Å². The highest BCUT2D eigenvalue weighted by Crippen LogP contribution is 2.40. The predicted molar refractivity (Wildman–Crippen MR) is 92.8 cm³/mol. The Bertz CT molecular complexity index is 720. The number of β-lactam (4-membered cyclic amide) rings is 1. The number of nitrogens with zero attached hydrogens (tertiary/aromatic N) is 6. The van der Waals surface area contributed by atoms with Gasteiger partial charge in [-0.3, -0.25) is 9.69 Å². The van der Waals surface area contributed by atoms with Crippen molar-refractivity contribution in [2.45, 2.75) is 23.1 Å². The molecule has 12 heteroatoms. The summed E-state index contributed by atoms with van der Waals surface area (Å²) in [4.78, 5) is 26.9. The maximum atomic E-state index is 11.9. The van der Waals surface area contributed by atoms with Crippen LogP contribution >= 0.6 is 23.5 Å². The number of hydrogen-bond donors (Lipinski definition) is 2. The molecule has 0 aliphatic carbocycles. The van der Waals surface area contributed by atoms with Crippen LogP contribution in [0, 0.1) is 0 Å². The number of hydrogen-bond acceptors (Lipinski definition) is 9. The molecule has 1 fully saturated rings. The fourth-order valence-corrected chi connectivity index (χ4v) is 4.91. The predicted octanol–water partition coefficient (Wildman–Crippen LogP) is -1.09. The van der Waals surface area contributed by atoms with Gasteiger partial charge in [-0.2, -0.15) is 0 Å². The molecule has 25 heavy (non-hydrogen) atoms. The molecule has 0 bridgehead atoms. The standard InChI is InChI=1S/C13H19N7O3S2/c1-18(2)3-4-19-13(15-16-17-19)25-6-7-5-24-11-8(14)10(21)20(11)9(7)12(22)23/h8,11H,3-6,14H2,1-2H3,(H,22,23)/t8?,11-/m1/s1. The Kier molecular flexibility index (Phi) is 5.32. The Morgan fingerprint density at radius 1 is 1.52 bits per heavy atom. The van der Waals surface area contributed by atoms with Crippen LogP contribution in [0.25, 0.3) is 0 Å². The Labute approximate surface area is 152 Å². The van der Waals surface area contributed by atoms with Crippen molar-refractivity contribution in [3.8, 4) is 0 Å². The molecule has 0 saturated carbocycles. The van der Waals surface area contributed by atoms with Gasteiger partial charge >= 0.3 is 5.97 Å². The summed E-state index contributed by atoms with van der Waals surface area (Å²) >= 11 is 2.86. The van der Waals surface area contributed by atoms with Gasteiger partial charge < -0.3 is 15.7 Å². The minimum atomic E-state index is -1.10. The number of rotatable bonds is 7. The molecule has 0 aromatic carbocycles. The molecule has 1 aromatic rings. The van der Waals surface area contributed by atoms with E-state index < -0.39 is 12.0 Å². The van der Waals surface area contributed by atoms with E-state index in [1.165, 1.54) is 28.4 Å². The summed E-state index contributed by atoms with van der Waals surface area (Å²) in [7, 11) is 3.93. The van der Waals surface area contributed by atoms with Gasteiger partial charge in [0.1, 0.15) is 17.1 Å². The first kappa shape index (κ1) is 18.2. The summed E-state index contributed by atoms with van der Waals surface area (Å²) in [5, 5.41) is 21.5. The first-order valence-electron chi connectivity index (χ1n) is 7.59. The quantitative estimate of drug-likeness (QED) is 0.441. The van der Waals surface area contributed by atoms with E-state index in [2.05, 4.69) is 15.5 Å². The second-order valence-electron chi connectivity index (χ2n) is 5.97. The minimum Gasteiger partial charge on any atom is -0.477 e. The van der Waals surface area contributed by atoms with Crippen LogP contribution in [0.5, 0.6) is 0 Å². The number of carboxylic acids is 1. The van der Waals surface area contributed by atoms with E-state index in [9.17, 15) is 14.7 Å². The molecule has 2 atom stereocenters. The second kappa shape index (κ2) is 7.32. The highest BCUT2D eigenvalue weighted by molar-refractivity contribution is 8.01. The molecule has 10 nitrogen and oxygen atoms in total. The van der Waals surface area contributed by atoms with Gasteiger partial charge in [-0.15, -0.1) is 16.9 Å². The normalized spacial score (nSPS) is 23.0. The number of amides is 1. The Morgan fingerprint density at radius 3 is 2.96 bits per heavy atom. The van der Waals surface area contributed by atoms with Gasteiger partial charge in [0.15, 0.2) is 0 Å². The third-order valence-electron chi connectivity index (χ3n) is 3.92. The zero-order valence-electron chi connectivity index (χ0n) is 13.8. The lowest BCUT2D eigenvalue weighted by atomic mass is 10.0. The van der Waals surface area contributed by atoms with Crippen molar-refractivity contribution in [2.24, 2.45) is 5.73 Å². The van der Waals surface area contributed by atoms with E-state index in [-0.39, 0.29) is 17.0 Å². The van der Waals surface area contributed by atoms with E-state index in [0.29, 0.717) is 28.8 Å². The van der Waals surface area contributed by atoms with Gasteiger partial charge in [0.25, 0.3) is 0 Å². The largest absolute Gasteiger partial charge is 0.477 e. The third-order valence-corrected chi connectivity index (χ3v) is 6.33. The molecule has 3 rings (SSSR count). The number of thioether (sulfide) groups is 2. The van der Waals surface area contributed by atoms with Crippen molar-refractivity contribution in [1.82, 2.24) is 30.0 Å². The lowest BCUT2D eigenvalue weighted by Crippen LogP contribution is -2.68. The molecule has 1 amide bonds. The van der Waals surface area contributed by atoms with Gasteiger partial charge in [0.2, 0.25) is 11.1 Å². The number of aromatic nitrogens is 4. The average molecular weight is 385 g/mol. The summed E-state index contributed by atoms with van der Waals surface area (Å²) in [5.74, 6) is -0.514. The van der Waals surface area contributed by atoms with Crippen molar-refractivity contribution in [3.05, 3.63) is 11.3 Å². The molecule has 2 aliphatic heterocycles. The fourth-order valence-electron chi connectivity index (χ4n) is 2.58. The molecular weight excluding hydrogens is 366 g/mol. The number of fused-ring (bicyclic) bond motifs is 1. The number of tetrazole rings is 1. The zero-order valence-corrected chi connectivity index (χ0v) is 15.5. The Balaban J connectivity index is 1.73. The number of carbonyl (C=O) groups is 2. The lowest BCUT2D eigenvalue weighted by molar-refractivity contribution is -0.147. The number of aliphatic carboxylic acids is 1. The highest BCUT2D eigenvalue weighted by Gasteiger charge is 2.51. The molecule has 136 valence electrons. The van der Waals surface area contributed by atoms with E-state index in [4.69, 9.17) is 5.73 Å². The Morgan fingerprint density at radius 2 is 2.28 bits per heavy atom.